The smallest absolute Gasteiger partial charge is 0.410 e. The van der Waals surface area contributed by atoms with Crippen LogP contribution in [-0.4, -0.2) is 66.4 Å². The summed E-state index contributed by atoms with van der Waals surface area (Å²) in [5.74, 6) is 0.636. The van der Waals surface area contributed by atoms with Gasteiger partial charge in [0.2, 0.25) is 5.91 Å². The second-order valence-corrected chi connectivity index (χ2v) is 12.9. The average molecular weight is 593 g/mol. The molecular formula is C34H44N2O7. The second kappa shape index (κ2) is 13.4. The summed E-state index contributed by atoms with van der Waals surface area (Å²) in [6.45, 7) is 8.90. The Bertz CT molecular complexity index is 1260. The van der Waals surface area contributed by atoms with Crippen molar-refractivity contribution in [2.75, 3.05) is 19.7 Å². The van der Waals surface area contributed by atoms with Crippen molar-refractivity contribution in [2.24, 2.45) is 0 Å². The van der Waals surface area contributed by atoms with Gasteiger partial charge in [0.05, 0.1) is 18.2 Å². The number of benzene rings is 2. The van der Waals surface area contributed by atoms with Gasteiger partial charge < -0.3 is 29.2 Å². The first-order valence-corrected chi connectivity index (χ1v) is 15.5. The fourth-order valence-corrected chi connectivity index (χ4v) is 5.57. The van der Waals surface area contributed by atoms with Gasteiger partial charge in [-0.15, -0.1) is 0 Å². The van der Waals surface area contributed by atoms with E-state index in [2.05, 4.69) is 29.6 Å². The molecule has 2 unspecified atom stereocenters. The Labute approximate surface area is 254 Å². The molecule has 0 spiro atoms. The molecule has 2 amide bonds. The summed E-state index contributed by atoms with van der Waals surface area (Å²) in [7, 11) is 0. The van der Waals surface area contributed by atoms with Gasteiger partial charge in [-0.25, -0.2) is 9.59 Å². The van der Waals surface area contributed by atoms with Crippen LogP contribution in [0.25, 0.3) is 0 Å². The Balaban J connectivity index is 1.22. The molecule has 4 atom stereocenters. The molecule has 9 heteroatoms. The van der Waals surface area contributed by atoms with E-state index in [1.807, 2.05) is 27.7 Å². The average Bonchev–Trinajstić information content (AvgIpc) is 3.68. The van der Waals surface area contributed by atoms with E-state index < -0.39 is 36.0 Å². The van der Waals surface area contributed by atoms with E-state index in [-0.39, 0.29) is 11.9 Å². The zero-order valence-electron chi connectivity index (χ0n) is 25.7. The molecule has 232 valence electrons. The van der Waals surface area contributed by atoms with Crippen LogP contribution in [0.15, 0.2) is 48.5 Å². The van der Waals surface area contributed by atoms with Crippen molar-refractivity contribution in [1.29, 1.82) is 0 Å². The van der Waals surface area contributed by atoms with Crippen LogP contribution in [0.5, 0.6) is 5.75 Å². The Morgan fingerprint density at radius 2 is 1.67 bits per heavy atom. The predicted molar refractivity (Wildman–Crippen MR) is 161 cm³/mol. The van der Waals surface area contributed by atoms with Crippen LogP contribution in [-0.2, 0) is 19.0 Å². The molecule has 3 aliphatic rings. The predicted octanol–water partition coefficient (Wildman–Crippen LogP) is 5.92. The lowest BCUT2D eigenvalue weighted by Crippen LogP contribution is -2.45. The van der Waals surface area contributed by atoms with Crippen LogP contribution in [0.4, 0.5) is 4.79 Å². The standard InChI is InChI=1S/C34H44N2O7/c1-22(35-31(37)29-8-6-20-40-29)30(25-13-11-24(12-14-25)23-9-10-23)41-27-17-15-26(16-18-27)32(38)42-28-7-5-19-36(21-28)33(39)43-34(2,3)4/h11-18,22-23,28-30H,5-10,19-21H2,1-4H3,(H,35,37)/t22?,28-,29-,30?/m0/s1. The lowest BCUT2D eigenvalue weighted by Gasteiger charge is -2.33. The van der Waals surface area contributed by atoms with Gasteiger partial charge in [-0.2, -0.15) is 0 Å². The summed E-state index contributed by atoms with van der Waals surface area (Å²) in [4.78, 5) is 39.9. The van der Waals surface area contributed by atoms with Crippen LogP contribution >= 0.6 is 0 Å². The summed E-state index contributed by atoms with van der Waals surface area (Å²) in [6.07, 6.45) is 3.80. The van der Waals surface area contributed by atoms with E-state index in [4.69, 9.17) is 18.9 Å². The first-order chi connectivity index (χ1) is 20.6. The van der Waals surface area contributed by atoms with Crippen molar-refractivity contribution in [3.63, 3.8) is 0 Å². The number of likely N-dealkylation sites (tertiary alicyclic amines) is 1. The van der Waals surface area contributed by atoms with Crippen LogP contribution in [0, 0.1) is 0 Å². The van der Waals surface area contributed by atoms with E-state index in [9.17, 15) is 14.4 Å². The van der Waals surface area contributed by atoms with Crippen molar-refractivity contribution in [2.45, 2.75) is 102 Å². The summed E-state index contributed by atoms with van der Waals surface area (Å²) in [6, 6.07) is 14.9. The maximum atomic E-state index is 13.0. The highest BCUT2D eigenvalue weighted by molar-refractivity contribution is 5.89. The number of hydrogen-bond acceptors (Lipinski definition) is 7. The van der Waals surface area contributed by atoms with E-state index in [1.54, 1.807) is 29.2 Å². The van der Waals surface area contributed by atoms with Crippen LogP contribution in [0.1, 0.15) is 99.7 Å². The minimum atomic E-state index is -0.586. The zero-order chi connectivity index (χ0) is 30.6. The summed E-state index contributed by atoms with van der Waals surface area (Å²) in [5, 5.41) is 3.09. The Kier molecular flexibility index (Phi) is 9.59. The third kappa shape index (κ3) is 8.50. The lowest BCUT2D eigenvalue weighted by atomic mass is 10.00. The summed E-state index contributed by atoms with van der Waals surface area (Å²) < 4.78 is 23.2. The lowest BCUT2D eigenvalue weighted by molar-refractivity contribution is -0.131. The van der Waals surface area contributed by atoms with E-state index in [0.29, 0.717) is 43.3 Å². The molecular weight excluding hydrogens is 548 g/mol. The number of nitrogens with zero attached hydrogens (tertiary/aromatic N) is 1. The van der Waals surface area contributed by atoms with Gasteiger partial charge in [-0.3, -0.25) is 4.79 Å². The van der Waals surface area contributed by atoms with Crippen molar-refractivity contribution >= 4 is 18.0 Å². The third-order valence-corrected chi connectivity index (χ3v) is 8.02. The van der Waals surface area contributed by atoms with Crippen molar-refractivity contribution in [1.82, 2.24) is 10.2 Å². The molecule has 1 aliphatic carbocycles. The van der Waals surface area contributed by atoms with Crippen molar-refractivity contribution in [3.05, 3.63) is 65.2 Å². The molecule has 43 heavy (non-hydrogen) atoms. The maximum absolute atomic E-state index is 13.0. The Hall–Kier alpha value is -3.59. The quantitative estimate of drug-likeness (QED) is 0.360. The molecule has 2 heterocycles. The Morgan fingerprint density at radius 1 is 0.953 bits per heavy atom. The number of amides is 2. The fourth-order valence-electron chi connectivity index (χ4n) is 5.57. The van der Waals surface area contributed by atoms with E-state index in [1.165, 1.54) is 18.4 Å². The number of carbonyl (C=O) groups excluding carboxylic acids is 3. The molecule has 0 bridgehead atoms. The topological polar surface area (TPSA) is 103 Å². The van der Waals surface area contributed by atoms with Gasteiger partial charge in [0.1, 0.15) is 29.7 Å². The fraction of sp³-hybridized carbons (Fsp3) is 0.559. The molecule has 0 radical (unpaired) electrons. The highest BCUT2D eigenvalue weighted by Crippen LogP contribution is 2.40. The minimum absolute atomic E-state index is 0.126. The highest BCUT2D eigenvalue weighted by atomic mass is 16.6. The minimum Gasteiger partial charge on any atom is -0.484 e. The molecule has 2 aromatic carbocycles. The first-order valence-electron chi connectivity index (χ1n) is 15.5. The number of esters is 1. The van der Waals surface area contributed by atoms with Gasteiger partial charge >= 0.3 is 12.1 Å². The summed E-state index contributed by atoms with van der Waals surface area (Å²) >= 11 is 0. The normalized spacial score (nSPS) is 21.9. The molecule has 5 rings (SSSR count). The van der Waals surface area contributed by atoms with Crippen LogP contribution < -0.4 is 10.1 Å². The number of ether oxygens (including phenoxy) is 4. The molecule has 1 saturated carbocycles. The number of piperidine rings is 1. The second-order valence-electron chi connectivity index (χ2n) is 12.9. The molecule has 0 aromatic heterocycles. The van der Waals surface area contributed by atoms with Gasteiger partial charge in [-0.05, 0) is 108 Å². The van der Waals surface area contributed by atoms with Gasteiger partial charge in [0.25, 0.3) is 0 Å². The number of carbonyl (C=O) groups is 3. The largest absolute Gasteiger partial charge is 0.484 e. The van der Waals surface area contributed by atoms with Crippen LogP contribution in [0.3, 0.4) is 0 Å². The monoisotopic (exact) mass is 592 g/mol. The first kappa shape index (κ1) is 30.9. The molecule has 2 aromatic rings. The molecule has 1 N–H and O–H groups in total. The summed E-state index contributed by atoms with van der Waals surface area (Å²) in [5.41, 5.74) is 2.09. The molecule has 2 aliphatic heterocycles. The SMILES string of the molecule is CC(NC(=O)[C@@H]1CCCO1)C(Oc1ccc(C(=O)O[C@H]2CCCN(C(=O)OC(C)(C)C)C2)cc1)c1ccc(C2CC2)cc1. The van der Waals surface area contributed by atoms with E-state index in [0.717, 1.165) is 24.8 Å². The Morgan fingerprint density at radius 3 is 2.30 bits per heavy atom. The molecule has 3 fully saturated rings. The van der Waals surface area contributed by atoms with Gasteiger partial charge in [0.15, 0.2) is 0 Å². The van der Waals surface area contributed by atoms with Crippen LogP contribution in [0.2, 0.25) is 0 Å². The van der Waals surface area contributed by atoms with Crippen molar-refractivity contribution < 1.29 is 33.3 Å². The number of nitrogens with one attached hydrogen (secondary N) is 1. The highest BCUT2D eigenvalue weighted by Gasteiger charge is 2.31. The van der Waals surface area contributed by atoms with Gasteiger partial charge in [0, 0.05) is 13.2 Å². The third-order valence-electron chi connectivity index (χ3n) is 8.02. The maximum Gasteiger partial charge on any atom is 0.410 e. The molecule has 2 saturated heterocycles. The molecule has 9 nitrogen and oxygen atoms in total. The zero-order valence-corrected chi connectivity index (χ0v) is 25.7. The van der Waals surface area contributed by atoms with E-state index >= 15 is 0 Å². The number of hydrogen-bond donors (Lipinski definition) is 1. The number of rotatable bonds is 9. The van der Waals surface area contributed by atoms with Crippen molar-refractivity contribution in [3.8, 4) is 5.75 Å². The van der Waals surface area contributed by atoms with Gasteiger partial charge in [-0.1, -0.05) is 24.3 Å².